The van der Waals surface area contributed by atoms with Crippen molar-refractivity contribution in [2.24, 2.45) is 5.41 Å². The van der Waals surface area contributed by atoms with Gasteiger partial charge in [0.15, 0.2) is 0 Å². The molecule has 0 radical (unpaired) electrons. The zero-order chi connectivity index (χ0) is 11.8. The van der Waals surface area contributed by atoms with Crippen molar-refractivity contribution in [2.45, 2.75) is 45.5 Å². The monoisotopic (exact) mass is 219 g/mol. The zero-order valence-corrected chi connectivity index (χ0v) is 9.27. The van der Waals surface area contributed by atoms with Crippen LogP contribution in [-0.4, -0.2) is 46.1 Å². The lowest BCUT2D eigenvalue weighted by atomic mass is 9.79. The van der Waals surface area contributed by atoms with Gasteiger partial charge in [-0.2, -0.15) is 0 Å². The zero-order valence-electron chi connectivity index (χ0n) is 9.27. The number of aliphatic hydroxyl groups excluding tert-OH is 1. The number of rotatable bonds is 0. The molecule has 88 valence electrons. The Kier molecular flexibility index (Phi) is 3.23. The van der Waals surface area contributed by atoms with E-state index in [1.807, 2.05) is 0 Å². The number of carboxylic acid groups (broad SMARTS) is 1. The minimum Gasteiger partial charge on any atom is -0.465 e. The number of carbonyl (C=O) groups is 1. The van der Waals surface area contributed by atoms with E-state index >= 15 is 0 Å². The molecule has 0 saturated carbocycles. The van der Waals surface area contributed by atoms with Gasteiger partial charge in [-0.25, -0.2) is 9.18 Å². The van der Waals surface area contributed by atoms with Crippen LogP contribution in [0, 0.1) is 5.41 Å². The SMILES string of the molecule is CC(C)(C)C1[C@H](F)[C@@H](O)CCN1C(=O)O. The Hall–Kier alpha value is -0.840. The Morgan fingerprint density at radius 3 is 2.40 bits per heavy atom. The number of aliphatic hydroxyl groups is 1. The third-order valence-corrected chi connectivity index (χ3v) is 2.80. The maximum Gasteiger partial charge on any atom is 0.407 e. The van der Waals surface area contributed by atoms with E-state index in [1.165, 1.54) is 0 Å². The van der Waals surface area contributed by atoms with E-state index < -0.39 is 29.8 Å². The molecule has 1 saturated heterocycles. The average Bonchev–Trinajstić information content (AvgIpc) is 2.06. The molecule has 4 nitrogen and oxygen atoms in total. The first-order chi connectivity index (χ1) is 6.75. The van der Waals surface area contributed by atoms with Gasteiger partial charge in [0, 0.05) is 6.54 Å². The van der Waals surface area contributed by atoms with Crippen LogP contribution in [0.5, 0.6) is 0 Å². The third kappa shape index (κ3) is 2.40. The molecule has 1 fully saturated rings. The quantitative estimate of drug-likeness (QED) is 0.648. The molecule has 0 spiro atoms. The first-order valence-electron chi connectivity index (χ1n) is 5.07. The fraction of sp³-hybridized carbons (Fsp3) is 0.900. The van der Waals surface area contributed by atoms with Gasteiger partial charge < -0.3 is 15.1 Å². The fourth-order valence-electron chi connectivity index (χ4n) is 2.11. The van der Waals surface area contributed by atoms with Gasteiger partial charge in [-0.05, 0) is 11.8 Å². The first-order valence-corrected chi connectivity index (χ1v) is 5.07. The van der Waals surface area contributed by atoms with Crippen molar-refractivity contribution in [3.05, 3.63) is 0 Å². The van der Waals surface area contributed by atoms with Gasteiger partial charge >= 0.3 is 6.09 Å². The summed E-state index contributed by atoms with van der Waals surface area (Å²) in [6.45, 7) is 5.52. The summed E-state index contributed by atoms with van der Waals surface area (Å²) >= 11 is 0. The van der Waals surface area contributed by atoms with Crippen LogP contribution in [-0.2, 0) is 0 Å². The summed E-state index contributed by atoms with van der Waals surface area (Å²) in [6.07, 6.45) is -3.51. The van der Waals surface area contributed by atoms with Gasteiger partial charge in [-0.1, -0.05) is 20.8 Å². The van der Waals surface area contributed by atoms with E-state index in [2.05, 4.69) is 0 Å². The molecule has 0 aromatic carbocycles. The van der Waals surface area contributed by atoms with Crippen LogP contribution in [0.15, 0.2) is 0 Å². The average molecular weight is 219 g/mol. The molecule has 1 unspecified atom stereocenters. The highest BCUT2D eigenvalue weighted by molar-refractivity contribution is 5.66. The van der Waals surface area contributed by atoms with E-state index in [9.17, 15) is 14.3 Å². The van der Waals surface area contributed by atoms with Crippen molar-refractivity contribution in [1.82, 2.24) is 4.90 Å². The van der Waals surface area contributed by atoms with Crippen molar-refractivity contribution in [3.8, 4) is 0 Å². The van der Waals surface area contributed by atoms with Crippen LogP contribution in [0.2, 0.25) is 0 Å². The highest BCUT2D eigenvalue weighted by Gasteiger charge is 2.45. The molecule has 1 amide bonds. The summed E-state index contributed by atoms with van der Waals surface area (Å²) in [4.78, 5) is 12.0. The van der Waals surface area contributed by atoms with Crippen molar-refractivity contribution in [1.29, 1.82) is 0 Å². The molecular weight excluding hydrogens is 201 g/mol. The van der Waals surface area contributed by atoms with E-state index in [-0.39, 0.29) is 13.0 Å². The Morgan fingerprint density at radius 1 is 1.47 bits per heavy atom. The summed E-state index contributed by atoms with van der Waals surface area (Å²) in [5.74, 6) is 0. The van der Waals surface area contributed by atoms with Crippen LogP contribution in [0.4, 0.5) is 9.18 Å². The van der Waals surface area contributed by atoms with E-state index in [4.69, 9.17) is 5.11 Å². The maximum atomic E-state index is 13.8. The molecule has 1 rings (SSSR count). The molecule has 2 N–H and O–H groups in total. The van der Waals surface area contributed by atoms with Gasteiger partial charge in [-0.15, -0.1) is 0 Å². The van der Waals surface area contributed by atoms with E-state index in [1.54, 1.807) is 20.8 Å². The molecule has 0 aliphatic carbocycles. The number of piperidine rings is 1. The minimum absolute atomic E-state index is 0.167. The van der Waals surface area contributed by atoms with Crippen molar-refractivity contribution < 1.29 is 19.4 Å². The van der Waals surface area contributed by atoms with Gasteiger partial charge in [0.05, 0.1) is 12.1 Å². The van der Waals surface area contributed by atoms with Crippen LogP contribution in [0.25, 0.3) is 0 Å². The number of hydrogen-bond acceptors (Lipinski definition) is 2. The molecule has 0 aromatic heterocycles. The second-order valence-electron chi connectivity index (χ2n) is 5.09. The van der Waals surface area contributed by atoms with Gasteiger partial charge in [0.1, 0.15) is 6.17 Å². The van der Waals surface area contributed by atoms with Crippen LogP contribution in [0.3, 0.4) is 0 Å². The standard InChI is InChI=1S/C10H18FNO3/c1-10(2,3)8-7(11)6(13)4-5-12(8)9(14)15/h6-8,13H,4-5H2,1-3H3,(H,14,15)/t6-,7+,8?/m0/s1. The molecule has 0 aromatic rings. The highest BCUT2D eigenvalue weighted by Crippen LogP contribution is 2.33. The predicted octanol–water partition coefficient (Wildman–Crippen LogP) is 1.48. The van der Waals surface area contributed by atoms with Crippen molar-refractivity contribution >= 4 is 6.09 Å². The molecule has 1 aliphatic rings. The molecular formula is C10H18FNO3. The second-order valence-corrected chi connectivity index (χ2v) is 5.09. The second kappa shape index (κ2) is 3.96. The predicted molar refractivity (Wildman–Crippen MR) is 53.5 cm³/mol. The van der Waals surface area contributed by atoms with Gasteiger partial charge in [0.25, 0.3) is 0 Å². The van der Waals surface area contributed by atoms with Crippen LogP contribution in [0.1, 0.15) is 27.2 Å². The molecule has 1 aliphatic heterocycles. The Bertz CT molecular complexity index is 252. The summed E-state index contributed by atoms with van der Waals surface area (Å²) in [5.41, 5.74) is -0.515. The number of amides is 1. The van der Waals surface area contributed by atoms with Crippen molar-refractivity contribution in [3.63, 3.8) is 0 Å². The Balaban J connectivity index is 2.95. The molecule has 0 bridgehead atoms. The first kappa shape index (κ1) is 12.2. The molecule has 1 heterocycles. The number of nitrogens with zero attached hydrogens (tertiary/aromatic N) is 1. The summed E-state index contributed by atoms with van der Waals surface area (Å²) in [6, 6.07) is -0.779. The van der Waals surface area contributed by atoms with Gasteiger partial charge in [0.2, 0.25) is 0 Å². The number of alkyl halides is 1. The maximum absolute atomic E-state index is 13.8. The topological polar surface area (TPSA) is 60.8 Å². The lowest BCUT2D eigenvalue weighted by Crippen LogP contribution is -2.59. The number of hydrogen-bond donors (Lipinski definition) is 2. The molecule has 5 heteroatoms. The van der Waals surface area contributed by atoms with E-state index in [0.29, 0.717) is 0 Å². The third-order valence-electron chi connectivity index (χ3n) is 2.80. The van der Waals surface area contributed by atoms with E-state index in [0.717, 1.165) is 4.90 Å². The molecule has 3 atom stereocenters. The Morgan fingerprint density at radius 2 is 2.00 bits per heavy atom. The summed E-state index contributed by atoms with van der Waals surface area (Å²) < 4.78 is 13.8. The van der Waals surface area contributed by atoms with Crippen LogP contribution >= 0.6 is 0 Å². The normalized spacial score (nSPS) is 32.9. The Labute approximate surface area is 88.7 Å². The number of likely N-dealkylation sites (tertiary alicyclic amines) is 1. The van der Waals surface area contributed by atoms with Gasteiger partial charge in [-0.3, -0.25) is 0 Å². The highest BCUT2D eigenvalue weighted by atomic mass is 19.1. The molecule has 15 heavy (non-hydrogen) atoms. The number of halogens is 1. The summed E-state index contributed by atoms with van der Waals surface area (Å²) in [7, 11) is 0. The largest absolute Gasteiger partial charge is 0.465 e. The lowest BCUT2D eigenvalue weighted by molar-refractivity contribution is -0.0609. The summed E-state index contributed by atoms with van der Waals surface area (Å²) in [5, 5.41) is 18.4. The lowest BCUT2D eigenvalue weighted by Gasteiger charge is -2.45. The fourth-order valence-corrected chi connectivity index (χ4v) is 2.11. The van der Waals surface area contributed by atoms with Crippen molar-refractivity contribution in [2.75, 3.05) is 6.54 Å². The smallest absolute Gasteiger partial charge is 0.407 e. The minimum atomic E-state index is -1.50. The van der Waals surface area contributed by atoms with Crippen LogP contribution < -0.4 is 0 Å².